The molecule has 0 fully saturated rings. The molecule has 2 rings (SSSR count). The lowest BCUT2D eigenvalue weighted by Crippen LogP contribution is -2.30. The first kappa shape index (κ1) is 18.6. The van der Waals surface area contributed by atoms with Crippen molar-refractivity contribution < 1.29 is 19.1 Å². The molecule has 128 valence electrons. The maximum absolute atomic E-state index is 11.8. The molecule has 0 unspecified atom stereocenters. The van der Waals surface area contributed by atoms with Crippen LogP contribution in [0.15, 0.2) is 29.6 Å². The second kappa shape index (κ2) is 8.96. The lowest BCUT2D eigenvalue weighted by Gasteiger charge is -2.12. The van der Waals surface area contributed by atoms with Crippen LogP contribution < -0.4 is 5.32 Å². The van der Waals surface area contributed by atoms with Crippen molar-refractivity contribution in [2.45, 2.75) is 25.8 Å². The standard InChI is InChI=1S/C16H16ClNO4S2/c1-10(12-3-2-8-23-12)18-15(20)9-22-16(21)7-4-11(19)13-5-6-14(17)24-13/h2-3,5-6,8,10H,4,7,9H2,1H3,(H,18,20)/t10-/m0/s1. The zero-order chi connectivity index (χ0) is 17.5. The Morgan fingerprint density at radius 3 is 2.67 bits per heavy atom. The van der Waals surface area contributed by atoms with Gasteiger partial charge in [-0.2, -0.15) is 0 Å². The number of ketones is 1. The summed E-state index contributed by atoms with van der Waals surface area (Å²) in [5.41, 5.74) is 0. The van der Waals surface area contributed by atoms with Crippen molar-refractivity contribution in [2.75, 3.05) is 6.61 Å². The number of Topliss-reactive ketones (excluding diaryl/α,β-unsaturated/α-hetero) is 1. The highest BCUT2D eigenvalue weighted by molar-refractivity contribution is 7.18. The van der Waals surface area contributed by atoms with Gasteiger partial charge in [0.2, 0.25) is 0 Å². The summed E-state index contributed by atoms with van der Waals surface area (Å²) in [5.74, 6) is -1.12. The van der Waals surface area contributed by atoms with Gasteiger partial charge in [0.25, 0.3) is 5.91 Å². The quantitative estimate of drug-likeness (QED) is 0.553. The van der Waals surface area contributed by atoms with E-state index in [0.29, 0.717) is 9.21 Å². The van der Waals surface area contributed by atoms with Gasteiger partial charge in [0.15, 0.2) is 12.4 Å². The smallest absolute Gasteiger partial charge is 0.306 e. The minimum Gasteiger partial charge on any atom is -0.456 e. The lowest BCUT2D eigenvalue weighted by atomic mass is 10.2. The molecule has 0 aliphatic rings. The Morgan fingerprint density at radius 2 is 2.04 bits per heavy atom. The van der Waals surface area contributed by atoms with Gasteiger partial charge < -0.3 is 10.1 Å². The van der Waals surface area contributed by atoms with Gasteiger partial charge in [-0.3, -0.25) is 14.4 Å². The Kier molecular flexibility index (Phi) is 6.96. The van der Waals surface area contributed by atoms with E-state index in [1.807, 2.05) is 24.4 Å². The average molecular weight is 386 g/mol. The molecule has 0 aliphatic heterocycles. The number of amides is 1. The van der Waals surface area contributed by atoms with E-state index in [9.17, 15) is 14.4 Å². The Morgan fingerprint density at radius 1 is 1.25 bits per heavy atom. The van der Waals surface area contributed by atoms with Gasteiger partial charge in [-0.1, -0.05) is 17.7 Å². The fourth-order valence-corrected chi connectivity index (χ4v) is 3.66. The molecule has 2 heterocycles. The minimum atomic E-state index is -0.579. The number of thiophene rings is 2. The van der Waals surface area contributed by atoms with Crippen molar-refractivity contribution in [1.82, 2.24) is 5.32 Å². The molecular formula is C16H16ClNO4S2. The van der Waals surface area contributed by atoms with Crippen LogP contribution in [0.3, 0.4) is 0 Å². The SMILES string of the molecule is C[C@H](NC(=O)COC(=O)CCC(=O)c1ccc(Cl)s1)c1cccs1. The summed E-state index contributed by atoms with van der Waals surface area (Å²) in [7, 11) is 0. The molecule has 0 aromatic carbocycles. The van der Waals surface area contributed by atoms with Crippen LogP contribution in [0.5, 0.6) is 0 Å². The molecule has 0 spiro atoms. The Hall–Kier alpha value is -1.70. The molecule has 5 nitrogen and oxygen atoms in total. The largest absolute Gasteiger partial charge is 0.456 e. The first-order chi connectivity index (χ1) is 11.5. The Labute approximate surface area is 152 Å². The topological polar surface area (TPSA) is 72.5 Å². The van der Waals surface area contributed by atoms with Crippen LogP contribution in [-0.2, 0) is 14.3 Å². The van der Waals surface area contributed by atoms with Gasteiger partial charge in [-0.15, -0.1) is 22.7 Å². The number of carbonyl (C=O) groups is 3. The molecule has 1 N–H and O–H groups in total. The molecular weight excluding hydrogens is 370 g/mol. The number of halogens is 1. The van der Waals surface area contributed by atoms with Crippen LogP contribution in [-0.4, -0.2) is 24.3 Å². The Balaban J connectivity index is 1.67. The van der Waals surface area contributed by atoms with Crippen molar-refractivity contribution in [2.24, 2.45) is 0 Å². The number of rotatable bonds is 8. The van der Waals surface area contributed by atoms with Crippen LogP contribution in [0.25, 0.3) is 0 Å². The van der Waals surface area contributed by atoms with Crippen molar-refractivity contribution >= 4 is 51.9 Å². The number of nitrogens with one attached hydrogen (secondary N) is 1. The zero-order valence-corrected chi connectivity index (χ0v) is 15.3. The summed E-state index contributed by atoms with van der Waals surface area (Å²) in [6.45, 7) is 1.50. The second-order valence-electron chi connectivity index (χ2n) is 4.99. The van der Waals surface area contributed by atoms with Crippen molar-refractivity contribution in [3.05, 3.63) is 43.7 Å². The van der Waals surface area contributed by atoms with E-state index in [2.05, 4.69) is 5.32 Å². The third-order valence-electron chi connectivity index (χ3n) is 3.12. The first-order valence-electron chi connectivity index (χ1n) is 7.22. The number of ether oxygens (including phenoxy) is 1. The first-order valence-corrected chi connectivity index (χ1v) is 9.30. The van der Waals surface area contributed by atoms with Crippen LogP contribution in [0.4, 0.5) is 0 Å². The lowest BCUT2D eigenvalue weighted by molar-refractivity contribution is -0.148. The van der Waals surface area contributed by atoms with E-state index < -0.39 is 5.97 Å². The molecule has 2 aromatic rings. The molecule has 1 atom stereocenters. The highest BCUT2D eigenvalue weighted by atomic mass is 35.5. The third kappa shape index (κ3) is 5.74. The van der Waals surface area contributed by atoms with Gasteiger partial charge in [0.1, 0.15) is 0 Å². The third-order valence-corrected chi connectivity index (χ3v) is 5.44. The Bertz CT molecular complexity index is 711. The van der Waals surface area contributed by atoms with E-state index in [1.165, 1.54) is 22.7 Å². The number of hydrogen-bond donors (Lipinski definition) is 1. The normalized spacial score (nSPS) is 11.8. The van der Waals surface area contributed by atoms with Gasteiger partial charge in [-0.25, -0.2) is 0 Å². The fourth-order valence-electron chi connectivity index (χ4n) is 1.91. The van der Waals surface area contributed by atoms with Crippen LogP contribution in [0, 0.1) is 0 Å². The summed E-state index contributed by atoms with van der Waals surface area (Å²) < 4.78 is 5.42. The van der Waals surface area contributed by atoms with E-state index in [-0.39, 0.29) is 37.2 Å². The van der Waals surface area contributed by atoms with Crippen LogP contribution in [0.2, 0.25) is 4.34 Å². The van der Waals surface area contributed by atoms with Crippen LogP contribution in [0.1, 0.15) is 40.4 Å². The summed E-state index contributed by atoms with van der Waals surface area (Å²) in [4.78, 5) is 36.8. The molecule has 24 heavy (non-hydrogen) atoms. The zero-order valence-electron chi connectivity index (χ0n) is 12.9. The fraction of sp³-hybridized carbons (Fsp3) is 0.312. The highest BCUT2D eigenvalue weighted by Crippen LogP contribution is 2.23. The molecule has 0 radical (unpaired) electrons. The molecule has 0 saturated heterocycles. The second-order valence-corrected chi connectivity index (χ2v) is 7.69. The molecule has 0 bridgehead atoms. The summed E-state index contributed by atoms with van der Waals surface area (Å²) >= 11 is 8.47. The molecule has 0 saturated carbocycles. The summed E-state index contributed by atoms with van der Waals surface area (Å²) in [6.07, 6.45) is -0.0367. The van der Waals surface area contributed by atoms with Gasteiger partial charge >= 0.3 is 5.97 Å². The molecule has 2 aromatic heterocycles. The molecule has 8 heteroatoms. The van der Waals surface area contributed by atoms with Crippen molar-refractivity contribution in [1.29, 1.82) is 0 Å². The monoisotopic (exact) mass is 385 g/mol. The van der Waals surface area contributed by atoms with Gasteiger partial charge in [0.05, 0.1) is 21.7 Å². The maximum Gasteiger partial charge on any atom is 0.306 e. The molecule has 1 amide bonds. The minimum absolute atomic E-state index is 0.0306. The predicted octanol–water partition coefficient (Wildman–Crippen LogP) is 3.85. The van der Waals surface area contributed by atoms with E-state index >= 15 is 0 Å². The van der Waals surface area contributed by atoms with E-state index in [0.717, 1.165) is 4.88 Å². The highest BCUT2D eigenvalue weighted by Gasteiger charge is 2.15. The van der Waals surface area contributed by atoms with Crippen molar-refractivity contribution in [3.8, 4) is 0 Å². The predicted molar refractivity (Wildman–Crippen MR) is 94.7 cm³/mol. The van der Waals surface area contributed by atoms with Crippen molar-refractivity contribution in [3.63, 3.8) is 0 Å². The average Bonchev–Trinajstić information content (AvgIpc) is 3.22. The van der Waals surface area contributed by atoms with Gasteiger partial charge in [-0.05, 0) is 30.5 Å². The number of carbonyl (C=O) groups excluding carboxylic acids is 3. The molecule has 0 aliphatic carbocycles. The van der Waals surface area contributed by atoms with Gasteiger partial charge in [0, 0.05) is 11.3 Å². The summed E-state index contributed by atoms with van der Waals surface area (Å²) in [5, 5.41) is 4.67. The summed E-state index contributed by atoms with van der Waals surface area (Å²) in [6, 6.07) is 6.95. The number of esters is 1. The van der Waals surface area contributed by atoms with Crippen LogP contribution >= 0.6 is 34.3 Å². The number of hydrogen-bond acceptors (Lipinski definition) is 6. The van der Waals surface area contributed by atoms with E-state index in [4.69, 9.17) is 16.3 Å². The van der Waals surface area contributed by atoms with E-state index in [1.54, 1.807) is 12.1 Å². The maximum atomic E-state index is 11.8.